The summed E-state index contributed by atoms with van der Waals surface area (Å²) in [6, 6.07) is 10.6. The molecule has 0 radical (unpaired) electrons. The van der Waals surface area contributed by atoms with Crippen LogP contribution >= 0.6 is 11.6 Å². The molecule has 8 nitrogen and oxygen atoms in total. The number of benzene rings is 1. The van der Waals surface area contributed by atoms with E-state index >= 15 is 0 Å². The molecule has 0 atom stereocenters. The summed E-state index contributed by atoms with van der Waals surface area (Å²) in [7, 11) is -3.70. The first-order valence-corrected chi connectivity index (χ1v) is 9.98. The van der Waals surface area contributed by atoms with Crippen molar-refractivity contribution in [3.8, 4) is 16.9 Å². The highest BCUT2D eigenvalue weighted by molar-refractivity contribution is 7.89. The van der Waals surface area contributed by atoms with Gasteiger partial charge in [0.25, 0.3) is 0 Å². The number of ether oxygens (including phenoxy) is 1. The molecule has 0 fully saturated rings. The van der Waals surface area contributed by atoms with Gasteiger partial charge in [0.2, 0.25) is 10.0 Å². The Labute approximate surface area is 160 Å². The van der Waals surface area contributed by atoms with Crippen molar-refractivity contribution in [3.63, 3.8) is 0 Å². The Hall–Kier alpha value is -2.91. The summed E-state index contributed by atoms with van der Waals surface area (Å²) >= 11 is 5.92. The number of rotatable bonds is 5. The summed E-state index contributed by atoms with van der Waals surface area (Å²) in [5.41, 5.74) is 2.72. The Bertz CT molecular complexity index is 1050. The number of hydrogen-bond acceptors (Lipinski definition) is 6. The fourth-order valence-corrected chi connectivity index (χ4v) is 2.81. The van der Waals surface area contributed by atoms with Gasteiger partial charge in [-0.05, 0) is 36.4 Å². The zero-order chi connectivity index (χ0) is 19.4. The third-order valence-electron chi connectivity index (χ3n) is 3.46. The van der Waals surface area contributed by atoms with Gasteiger partial charge in [0.15, 0.2) is 0 Å². The number of hydrogen-bond donors (Lipinski definition) is 1. The lowest BCUT2D eigenvalue weighted by molar-refractivity contribution is 0.146. The minimum atomic E-state index is -3.70. The van der Waals surface area contributed by atoms with Crippen LogP contribution in [0.25, 0.3) is 16.9 Å². The van der Waals surface area contributed by atoms with Crippen LogP contribution in [0.1, 0.15) is 5.56 Å². The number of amides is 1. The number of nitrogens with zero attached hydrogens (tertiary/aromatic N) is 3. The lowest BCUT2D eigenvalue weighted by Gasteiger charge is -2.05. The van der Waals surface area contributed by atoms with Gasteiger partial charge in [0.05, 0.1) is 17.6 Å². The van der Waals surface area contributed by atoms with Gasteiger partial charge in [0.1, 0.15) is 6.61 Å². The molecule has 1 amide bonds. The van der Waals surface area contributed by atoms with Gasteiger partial charge in [0, 0.05) is 34.7 Å². The van der Waals surface area contributed by atoms with Crippen LogP contribution in [0.15, 0.2) is 55.0 Å². The molecule has 3 aromatic rings. The molecule has 0 aliphatic carbocycles. The van der Waals surface area contributed by atoms with Crippen LogP contribution in [0, 0.1) is 0 Å². The van der Waals surface area contributed by atoms with Crippen molar-refractivity contribution in [2.75, 3.05) is 6.26 Å². The maximum absolute atomic E-state index is 11.6. The Morgan fingerprint density at radius 2 is 1.85 bits per heavy atom. The smallest absolute Gasteiger partial charge is 0.421 e. The Morgan fingerprint density at radius 3 is 2.48 bits per heavy atom. The molecule has 0 spiro atoms. The average Bonchev–Trinajstić information content (AvgIpc) is 3.04. The lowest BCUT2D eigenvalue weighted by Crippen LogP contribution is -2.29. The van der Waals surface area contributed by atoms with E-state index in [1.165, 1.54) is 0 Å². The van der Waals surface area contributed by atoms with Crippen LogP contribution in [0.5, 0.6) is 0 Å². The molecule has 0 unspecified atom stereocenters. The molecule has 0 aliphatic rings. The lowest BCUT2D eigenvalue weighted by atomic mass is 10.1. The topological polar surface area (TPSA) is 103 Å². The normalized spacial score (nSPS) is 11.2. The molecule has 1 N–H and O–H groups in total. The summed E-state index contributed by atoms with van der Waals surface area (Å²) in [6.45, 7) is -0.160. The van der Waals surface area contributed by atoms with Crippen molar-refractivity contribution in [1.82, 2.24) is 19.5 Å². The Morgan fingerprint density at radius 1 is 1.19 bits per heavy atom. The first-order valence-electron chi connectivity index (χ1n) is 7.71. The molecule has 0 bridgehead atoms. The molecule has 2 heterocycles. The van der Waals surface area contributed by atoms with Crippen molar-refractivity contribution in [3.05, 3.63) is 65.6 Å². The van der Waals surface area contributed by atoms with E-state index in [0.29, 0.717) is 16.3 Å². The number of sulfonamides is 1. The second kappa shape index (κ2) is 7.77. The largest absolute Gasteiger partial charge is 0.444 e. The van der Waals surface area contributed by atoms with Gasteiger partial charge in [-0.2, -0.15) is 5.10 Å². The molecule has 0 saturated heterocycles. The average molecular weight is 407 g/mol. The predicted molar refractivity (Wildman–Crippen MR) is 100.0 cm³/mol. The van der Waals surface area contributed by atoms with Crippen molar-refractivity contribution in [2.45, 2.75) is 6.61 Å². The van der Waals surface area contributed by atoms with Crippen LogP contribution in [-0.4, -0.2) is 35.5 Å². The fourth-order valence-electron chi connectivity index (χ4n) is 2.32. The molecular weight excluding hydrogens is 392 g/mol. The van der Waals surface area contributed by atoms with E-state index in [1.807, 2.05) is 0 Å². The van der Waals surface area contributed by atoms with Crippen LogP contribution in [-0.2, 0) is 21.4 Å². The standard InChI is InChI=1S/C17H15ClN4O4S/c1-27(24,25)21-17(23)26-11-13-10-22(15-4-2-14(18)3-5-15)20-16(13)12-6-8-19-9-7-12/h2-10H,11H2,1H3,(H,21,23). The number of halogens is 1. The second-order valence-electron chi connectivity index (χ2n) is 5.61. The minimum Gasteiger partial charge on any atom is -0.444 e. The van der Waals surface area contributed by atoms with E-state index in [-0.39, 0.29) is 6.61 Å². The van der Waals surface area contributed by atoms with Crippen LogP contribution in [0.3, 0.4) is 0 Å². The molecule has 0 saturated carbocycles. The van der Waals surface area contributed by atoms with Gasteiger partial charge in [-0.1, -0.05) is 11.6 Å². The Balaban J connectivity index is 1.91. The van der Waals surface area contributed by atoms with E-state index in [9.17, 15) is 13.2 Å². The number of aromatic nitrogens is 3. The van der Waals surface area contributed by atoms with Crippen molar-refractivity contribution in [1.29, 1.82) is 0 Å². The zero-order valence-electron chi connectivity index (χ0n) is 14.2. The molecule has 3 rings (SSSR count). The van der Waals surface area contributed by atoms with Crippen LogP contribution in [0.2, 0.25) is 5.02 Å². The van der Waals surface area contributed by atoms with Gasteiger partial charge in [-0.15, -0.1) is 0 Å². The van der Waals surface area contributed by atoms with Crippen molar-refractivity contribution >= 4 is 27.7 Å². The number of pyridine rings is 1. The quantitative estimate of drug-likeness (QED) is 0.698. The number of carbonyl (C=O) groups is 1. The number of carbonyl (C=O) groups excluding carboxylic acids is 1. The van der Waals surface area contributed by atoms with E-state index in [2.05, 4.69) is 10.1 Å². The van der Waals surface area contributed by atoms with Gasteiger partial charge in [-0.25, -0.2) is 22.6 Å². The molecule has 27 heavy (non-hydrogen) atoms. The van der Waals surface area contributed by atoms with Crippen LogP contribution in [0.4, 0.5) is 4.79 Å². The molecule has 0 aliphatic heterocycles. The molecule has 140 valence electrons. The summed E-state index contributed by atoms with van der Waals surface area (Å²) in [4.78, 5) is 15.6. The molecular formula is C17H15ClN4O4S. The van der Waals surface area contributed by atoms with Gasteiger partial charge < -0.3 is 4.74 Å². The predicted octanol–water partition coefficient (Wildman–Crippen LogP) is 2.77. The summed E-state index contributed by atoms with van der Waals surface area (Å²) < 4.78 is 30.6. The summed E-state index contributed by atoms with van der Waals surface area (Å²) in [5, 5.41) is 5.15. The monoisotopic (exact) mass is 406 g/mol. The van der Waals surface area contributed by atoms with E-state index in [4.69, 9.17) is 16.3 Å². The van der Waals surface area contributed by atoms with Crippen LogP contribution < -0.4 is 4.72 Å². The fraction of sp³-hybridized carbons (Fsp3) is 0.118. The highest BCUT2D eigenvalue weighted by Crippen LogP contribution is 2.24. The van der Waals surface area contributed by atoms with Gasteiger partial charge in [-0.3, -0.25) is 4.98 Å². The maximum atomic E-state index is 11.6. The van der Waals surface area contributed by atoms with Gasteiger partial charge >= 0.3 is 6.09 Å². The SMILES string of the molecule is CS(=O)(=O)NC(=O)OCc1cn(-c2ccc(Cl)cc2)nc1-c1ccncc1. The summed E-state index contributed by atoms with van der Waals surface area (Å²) in [5.74, 6) is 0. The second-order valence-corrected chi connectivity index (χ2v) is 7.80. The maximum Gasteiger partial charge on any atom is 0.421 e. The highest BCUT2D eigenvalue weighted by Gasteiger charge is 2.16. The minimum absolute atomic E-state index is 0.160. The van der Waals surface area contributed by atoms with E-state index in [1.54, 1.807) is 64.4 Å². The molecule has 10 heteroatoms. The molecule has 1 aromatic carbocycles. The first kappa shape index (κ1) is 18.9. The number of nitrogens with one attached hydrogen (secondary N) is 1. The van der Waals surface area contributed by atoms with E-state index in [0.717, 1.165) is 17.5 Å². The Kier molecular flexibility index (Phi) is 5.43. The zero-order valence-corrected chi connectivity index (χ0v) is 15.7. The summed E-state index contributed by atoms with van der Waals surface area (Å²) in [6.07, 6.45) is 4.76. The van der Waals surface area contributed by atoms with Crippen molar-refractivity contribution in [2.24, 2.45) is 0 Å². The third-order valence-corrected chi connectivity index (χ3v) is 4.25. The first-order chi connectivity index (χ1) is 12.8. The van der Waals surface area contributed by atoms with E-state index < -0.39 is 16.1 Å². The molecule has 2 aromatic heterocycles. The van der Waals surface area contributed by atoms with Crippen molar-refractivity contribution < 1.29 is 17.9 Å². The highest BCUT2D eigenvalue weighted by atomic mass is 35.5. The third kappa shape index (κ3) is 5.05.